The Morgan fingerprint density at radius 3 is 2.35 bits per heavy atom. The van der Waals surface area contributed by atoms with Crippen molar-refractivity contribution in [1.29, 1.82) is 0 Å². The van der Waals surface area contributed by atoms with Gasteiger partial charge in [0.1, 0.15) is 6.61 Å². The third-order valence-electron chi connectivity index (χ3n) is 5.22. The van der Waals surface area contributed by atoms with Crippen LogP contribution in [0.3, 0.4) is 0 Å². The number of thioether (sulfide) groups is 1. The molecule has 1 fully saturated rings. The van der Waals surface area contributed by atoms with Crippen LogP contribution in [-0.2, 0) is 16.1 Å². The lowest BCUT2D eigenvalue weighted by Gasteiger charge is -2.15. The zero-order valence-electron chi connectivity index (χ0n) is 19.7. The van der Waals surface area contributed by atoms with Gasteiger partial charge in [-0.15, -0.1) is 0 Å². The van der Waals surface area contributed by atoms with Crippen molar-refractivity contribution in [1.82, 2.24) is 4.90 Å². The molecule has 0 spiro atoms. The molecular weight excluding hydrogens is 574 g/mol. The fraction of sp³-hybridized carbons (Fsp3) is 0.185. The Morgan fingerprint density at radius 2 is 1.68 bits per heavy atom. The highest BCUT2D eigenvalue weighted by molar-refractivity contribution is 8.18. The molecule has 0 saturated carbocycles. The van der Waals surface area contributed by atoms with E-state index in [0.29, 0.717) is 61.2 Å². The number of aliphatic imine (C=N–C) groups is 1. The van der Waals surface area contributed by atoms with Gasteiger partial charge in [-0.05, 0) is 72.3 Å². The van der Waals surface area contributed by atoms with Crippen molar-refractivity contribution < 1.29 is 14.3 Å². The predicted octanol–water partition coefficient (Wildman–Crippen LogP) is 8.52. The first-order valence-corrected chi connectivity index (χ1v) is 13.7. The average Bonchev–Trinajstić information content (AvgIpc) is 3.15. The van der Waals surface area contributed by atoms with Crippen LogP contribution in [0.4, 0.5) is 5.69 Å². The minimum absolute atomic E-state index is 0.161. The van der Waals surface area contributed by atoms with Gasteiger partial charge < -0.3 is 9.47 Å². The molecule has 10 heteroatoms. The second kappa shape index (κ2) is 13.1. The van der Waals surface area contributed by atoms with Crippen molar-refractivity contribution in [2.75, 3.05) is 19.8 Å². The number of nitrogens with zero attached hydrogens (tertiary/aromatic N) is 2. The summed E-state index contributed by atoms with van der Waals surface area (Å²) >= 11 is 26.3. The zero-order chi connectivity index (χ0) is 26.4. The monoisotopic (exact) mass is 594 g/mol. The van der Waals surface area contributed by atoms with Gasteiger partial charge in [0.2, 0.25) is 0 Å². The minimum atomic E-state index is -0.161. The van der Waals surface area contributed by atoms with Gasteiger partial charge in [0.25, 0.3) is 5.91 Å². The van der Waals surface area contributed by atoms with Crippen LogP contribution in [-0.4, -0.2) is 35.7 Å². The zero-order valence-corrected chi connectivity index (χ0v) is 23.6. The summed E-state index contributed by atoms with van der Waals surface area (Å²) in [5.41, 5.74) is 2.24. The van der Waals surface area contributed by atoms with Gasteiger partial charge >= 0.3 is 0 Å². The molecule has 1 aliphatic rings. The Balaban J connectivity index is 1.55. The molecular formula is C27H22Cl4N2O3S. The summed E-state index contributed by atoms with van der Waals surface area (Å²) in [5, 5.41) is 2.13. The molecule has 0 atom stereocenters. The van der Waals surface area contributed by atoms with Gasteiger partial charge in [-0.1, -0.05) is 70.7 Å². The Labute approximate surface area is 240 Å². The first kappa shape index (κ1) is 27.8. The number of carbonyl (C=O) groups excluding carboxylic acids is 1. The van der Waals surface area contributed by atoms with Crippen LogP contribution in [0.1, 0.15) is 18.1 Å². The Hall–Kier alpha value is -2.19. The molecule has 4 rings (SSSR count). The lowest BCUT2D eigenvalue weighted by Crippen LogP contribution is -2.32. The lowest BCUT2D eigenvalue weighted by atomic mass is 10.2. The third kappa shape index (κ3) is 7.23. The number of rotatable bonds is 9. The molecule has 37 heavy (non-hydrogen) atoms. The van der Waals surface area contributed by atoms with Crippen LogP contribution >= 0.6 is 58.2 Å². The minimum Gasteiger partial charge on any atom is -0.486 e. The van der Waals surface area contributed by atoms with Crippen LogP contribution < -0.4 is 4.74 Å². The lowest BCUT2D eigenvalue weighted by molar-refractivity contribution is -0.122. The van der Waals surface area contributed by atoms with Gasteiger partial charge in [0.05, 0.1) is 43.8 Å². The quantitative estimate of drug-likeness (QED) is 0.184. The van der Waals surface area contributed by atoms with E-state index in [-0.39, 0.29) is 12.5 Å². The maximum atomic E-state index is 13.2. The van der Waals surface area contributed by atoms with Crippen molar-refractivity contribution in [3.63, 3.8) is 0 Å². The van der Waals surface area contributed by atoms with E-state index in [0.717, 1.165) is 11.3 Å². The number of para-hydroxylation sites is 1. The number of halogens is 4. The van der Waals surface area contributed by atoms with Crippen molar-refractivity contribution in [3.05, 3.63) is 96.8 Å². The van der Waals surface area contributed by atoms with E-state index in [1.165, 1.54) is 11.8 Å². The number of amidine groups is 1. The Bertz CT molecular complexity index is 1330. The summed E-state index contributed by atoms with van der Waals surface area (Å²) in [6.07, 6.45) is 1.74. The van der Waals surface area contributed by atoms with Crippen molar-refractivity contribution >= 4 is 81.0 Å². The fourth-order valence-electron chi connectivity index (χ4n) is 3.44. The van der Waals surface area contributed by atoms with Crippen LogP contribution in [0.25, 0.3) is 6.08 Å². The van der Waals surface area contributed by atoms with E-state index in [9.17, 15) is 4.79 Å². The molecule has 0 unspecified atom stereocenters. The largest absolute Gasteiger partial charge is 0.486 e. The molecule has 0 aromatic heterocycles. The first-order chi connectivity index (χ1) is 17.9. The Morgan fingerprint density at radius 1 is 0.946 bits per heavy atom. The van der Waals surface area contributed by atoms with Gasteiger partial charge in [-0.2, -0.15) is 0 Å². The van der Waals surface area contributed by atoms with Crippen LogP contribution in [0.2, 0.25) is 20.1 Å². The molecule has 0 aliphatic carbocycles. The summed E-state index contributed by atoms with van der Waals surface area (Å²) in [6.45, 7) is 3.49. The molecule has 1 saturated heterocycles. The molecule has 3 aromatic rings. The number of hydrogen-bond donors (Lipinski definition) is 0. The topological polar surface area (TPSA) is 51.1 Å². The van der Waals surface area contributed by atoms with E-state index >= 15 is 0 Å². The van der Waals surface area contributed by atoms with E-state index in [2.05, 4.69) is 4.99 Å². The molecule has 0 bridgehead atoms. The molecule has 3 aromatic carbocycles. The van der Waals surface area contributed by atoms with Gasteiger partial charge in [-0.25, -0.2) is 4.99 Å². The van der Waals surface area contributed by atoms with Crippen LogP contribution in [0, 0.1) is 0 Å². The maximum absolute atomic E-state index is 13.2. The summed E-state index contributed by atoms with van der Waals surface area (Å²) in [7, 11) is 0. The average molecular weight is 596 g/mol. The predicted molar refractivity (Wildman–Crippen MR) is 155 cm³/mol. The molecule has 192 valence electrons. The highest BCUT2D eigenvalue weighted by atomic mass is 35.5. The molecule has 1 amide bonds. The van der Waals surface area contributed by atoms with Crippen molar-refractivity contribution in [2.24, 2.45) is 4.99 Å². The molecule has 5 nitrogen and oxygen atoms in total. The van der Waals surface area contributed by atoms with Crippen LogP contribution in [0.5, 0.6) is 5.75 Å². The van der Waals surface area contributed by atoms with E-state index < -0.39 is 0 Å². The molecule has 1 aliphatic heterocycles. The standard InChI is InChI=1S/C27H22Cl4N2O3S/c1-2-35-11-10-33-26(34)24(37-27(33)32-19-6-4-3-5-7-19)15-18-13-22(30)25(23(31)14-18)36-16-17-8-9-20(28)21(29)12-17/h3-9,12-15H,2,10-11,16H2,1H3/b24-15-,32-27?. The van der Waals surface area contributed by atoms with Crippen molar-refractivity contribution in [3.8, 4) is 5.75 Å². The number of ether oxygens (including phenoxy) is 2. The fourth-order valence-corrected chi connectivity index (χ4v) is 5.40. The number of amides is 1. The summed E-state index contributed by atoms with van der Waals surface area (Å²) in [6, 6.07) is 18.1. The molecule has 1 heterocycles. The summed E-state index contributed by atoms with van der Waals surface area (Å²) in [4.78, 5) is 20.0. The summed E-state index contributed by atoms with van der Waals surface area (Å²) in [5.74, 6) is 0.179. The SMILES string of the molecule is CCOCCN1C(=O)/C(=C/c2cc(Cl)c(OCc3ccc(Cl)c(Cl)c3)c(Cl)c2)SC1=Nc1ccccc1. The van der Waals surface area contributed by atoms with E-state index in [1.807, 2.05) is 43.3 Å². The van der Waals surface area contributed by atoms with Gasteiger partial charge in [0.15, 0.2) is 10.9 Å². The van der Waals surface area contributed by atoms with Crippen molar-refractivity contribution in [2.45, 2.75) is 13.5 Å². The normalized spacial score (nSPS) is 15.7. The molecule has 0 radical (unpaired) electrons. The van der Waals surface area contributed by atoms with E-state index in [4.69, 9.17) is 55.9 Å². The number of benzene rings is 3. The van der Waals surface area contributed by atoms with Gasteiger partial charge in [-0.3, -0.25) is 9.69 Å². The number of carbonyl (C=O) groups is 1. The van der Waals surface area contributed by atoms with Gasteiger partial charge in [0, 0.05) is 6.61 Å². The second-order valence-electron chi connectivity index (χ2n) is 7.85. The summed E-state index contributed by atoms with van der Waals surface area (Å²) < 4.78 is 11.3. The molecule has 0 N–H and O–H groups in total. The highest BCUT2D eigenvalue weighted by Gasteiger charge is 2.33. The van der Waals surface area contributed by atoms with Crippen LogP contribution in [0.15, 0.2) is 70.6 Å². The highest BCUT2D eigenvalue weighted by Crippen LogP contribution is 2.38. The van der Waals surface area contributed by atoms with E-state index in [1.54, 1.807) is 35.2 Å². The number of hydrogen-bond acceptors (Lipinski definition) is 5. The smallest absolute Gasteiger partial charge is 0.266 e. The maximum Gasteiger partial charge on any atom is 0.266 e. The third-order valence-corrected chi connectivity index (χ3v) is 7.53. The Kier molecular flexibility index (Phi) is 9.82. The second-order valence-corrected chi connectivity index (χ2v) is 10.5. The first-order valence-electron chi connectivity index (χ1n) is 11.3.